The fourth-order valence-electron chi connectivity index (χ4n) is 0.847. The van der Waals surface area contributed by atoms with Crippen molar-refractivity contribution in [2.45, 2.75) is 6.54 Å². The molecule has 0 spiro atoms. The predicted molar refractivity (Wildman–Crippen MR) is 65.9 cm³/mol. The van der Waals surface area contributed by atoms with Gasteiger partial charge in [-0.05, 0) is 27.6 Å². The van der Waals surface area contributed by atoms with Crippen LogP contribution in [0, 0.1) is 0 Å². The number of halogens is 3. The third-order valence-electron chi connectivity index (χ3n) is 1.46. The van der Waals surface area contributed by atoms with E-state index in [0.717, 1.165) is 10.0 Å². The summed E-state index contributed by atoms with van der Waals surface area (Å²) in [5, 5.41) is 0.656. The standard InChI is InChI=1S/C8H9BrClN3.ClH/c9-7-5(4-13-8(11)12)2-1-3-6(7)10;/h1-3H,4H2,(H4,11,12,13);1H. The van der Waals surface area contributed by atoms with Crippen molar-refractivity contribution in [1.82, 2.24) is 0 Å². The summed E-state index contributed by atoms with van der Waals surface area (Å²) >= 11 is 9.22. The number of rotatable bonds is 2. The zero-order valence-corrected chi connectivity index (χ0v) is 10.4. The molecular formula is C8H10BrCl2N3. The van der Waals surface area contributed by atoms with E-state index >= 15 is 0 Å². The summed E-state index contributed by atoms with van der Waals surface area (Å²) < 4.78 is 0.835. The van der Waals surface area contributed by atoms with E-state index in [-0.39, 0.29) is 18.4 Å². The van der Waals surface area contributed by atoms with Crippen molar-refractivity contribution in [3.05, 3.63) is 33.3 Å². The van der Waals surface area contributed by atoms with Crippen LogP contribution in [-0.4, -0.2) is 5.96 Å². The van der Waals surface area contributed by atoms with E-state index in [2.05, 4.69) is 20.9 Å². The van der Waals surface area contributed by atoms with Gasteiger partial charge in [0.2, 0.25) is 0 Å². The van der Waals surface area contributed by atoms with Gasteiger partial charge in [-0.15, -0.1) is 12.4 Å². The molecule has 0 atom stereocenters. The molecule has 0 heterocycles. The van der Waals surface area contributed by atoms with Crippen molar-refractivity contribution >= 4 is 45.9 Å². The molecule has 0 aromatic heterocycles. The van der Waals surface area contributed by atoms with Crippen LogP contribution in [0.1, 0.15) is 5.56 Å². The molecule has 4 N–H and O–H groups in total. The van der Waals surface area contributed by atoms with Crippen molar-refractivity contribution in [1.29, 1.82) is 0 Å². The average molecular weight is 299 g/mol. The van der Waals surface area contributed by atoms with Crippen LogP contribution in [0.15, 0.2) is 27.7 Å². The summed E-state index contributed by atoms with van der Waals surface area (Å²) in [5.74, 6) is 0.0758. The highest BCUT2D eigenvalue weighted by Gasteiger charge is 2.01. The Morgan fingerprint density at radius 1 is 1.43 bits per heavy atom. The second-order valence-corrected chi connectivity index (χ2v) is 3.65. The first-order valence-corrected chi connectivity index (χ1v) is 4.76. The molecule has 0 aliphatic heterocycles. The SMILES string of the molecule is Cl.NC(N)=NCc1cccc(Cl)c1Br. The summed E-state index contributed by atoms with van der Waals surface area (Å²) in [6.07, 6.45) is 0. The molecule has 78 valence electrons. The topological polar surface area (TPSA) is 64.4 Å². The van der Waals surface area contributed by atoms with Crippen molar-refractivity contribution in [2.24, 2.45) is 16.5 Å². The molecule has 0 bridgehead atoms. The van der Waals surface area contributed by atoms with E-state index < -0.39 is 0 Å². The van der Waals surface area contributed by atoms with Crippen LogP contribution in [0.3, 0.4) is 0 Å². The lowest BCUT2D eigenvalue weighted by molar-refractivity contribution is 1.05. The molecule has 0 radical (unpaired) electrons. The summed E-state index contributed by atoms with van der Waals surface area (Å²) in [6.45, 7) is 0.434. The van der Waals surface area contributed by atoms with Crippen LogP contribution < -0.4 is 11.5 Å². The minimum absolute atomic E-state index is 0. The molecule has 1 aromatic carbocycles. The molecule has 0 saturated heterocycles. The molecule has 1 aromatic rings. The number of hydrogen-bond acceptors (Lipinski definition) is 1. The van der Waals surface area contributed by atoms with E-state index in [1.807, 2.05) is 12.1 Å². The minimum Gasteiger partial charge on any atom is -0.370 e. The van der Waals surface area contributed by atoms with Crippen LogP contribution in [0.2, 0.25) is 5.02 Å². The third kappa shape index (κ3) is 3.74. The first-order valence-electron chi connectivity index (χ1n) is 3.59. The molecule has 0 aliphatic carbocycles. The Morgan fingerprint density at radius 3 is 2.64 bits per heavy atom. The first kappa shape index (κ1) is 13.5. The molecule has 1 rings (SSSR count). The van der Waals surface area contributed by atoms with Gasteiger partial charge in [0.05, 0.1) is 11.6 Å². The maximum absolute atomic E-state index is 5.87. The molecule has 0 fully saturated rings. The average Bonchev–Trinajstić information content (AvgIpc) is 2.07. The quantitative estimate of drug-likeness (QED) is 0.650. The lowest BCUT2D eigenvalue weighted by Gasteiger charge is -2.02. The summed E-state index contributed by atoms with van der Waals surface area (Å²) in [6, 6.07) is 5.55. The van der Waals surface area contributed by atoms with Crippen molar-refractivity contribution in [3.63, 3.8) is 0 Å². The fraction of sp³-hybridized carbons (Fsp3) is 0.125. The fourth-order valence-corrected chi connectivity index (χ4v) is 1.43. The smallest absolute Gasteiger partial charge is 0.186 e. The molecular weight excluding hydrogens is 289 g/mol. The number of aliphatic imine (C=N–C) groups is 1. The van der Waals surface area contributed by atoms with Gasteiger partial charge in [0.25, 0.3) is 0 Å². The van der Waals surface area contributed by atoms with Crippen molar-refractivity contribution < 1.29 is 0 Å². The largest absolute Gasteiger partial charge is 0.370 e. The Balaban J connectivity index is 0.00000169. The zero-order valence-electron chi connectivity index (χ0n) is 7.21. The Bertz CT molecular complexity index is 337. The molecule has 0 saturated carbocycles. The highest BCUT2D eigenvalue weighted by molar-refractivity contribution is 9.10. The normalized spacial score (nSPS) is 9.00. The zero-order chi connectivity index (χ0) is 9.84. The highest BCUT2D eigenvalue weighted by atomic mass is 79.9. The van der Waals surface area contributed by atoms with Gasteiger partial charge in [-0.25, -0.2) is 4.99 Å². The number of nitrogens with zero attached hydrogens (tertiary/aromatic N) is 1. The van der Waals surface area contributed by atoms with Gasteiger partial charge in [-0.2, -0.15) is 0 Å². The van der Waals surface area contributed by atoms with E-state index in [9.17, 15) is 0 Å². The maximum atomic E-state index is 5.87. The van der Waals surface area contributed by atoms with Gasteiger partial charge in [0.1, 0.15) is 0 Å². The van der Waals surface area contributed by atoms with Crippen molar-refractivity contribution in [2.75, 3.05) is 0 Å². The summed E-state index contributed by atoms with van der Waals surface area (Å²) in [7, 11) is 0. The van der Waals surface area contributed by atoms with Gasteiger partial charge in [0, 0.05) is 4.47 Å². The number of nitrogens with two attached hydrogens (primary N) is 2. The van der Waals surface area contributed by atoms with E-state index in [1.54, 1.807) is 6.07 Å². The Kier molecular flexibility index (Phi) is 5.92. The Morgan fingerprint density at radius 2 is 2.07 bits per heavy atom. The number of guanidine groups is 1. The van der Waals surface area contributed by atoms with E-state index in [0.29, 0.717) is 11.6 Å². The molecule has 0 aliphatic rings. The Labute approximate surface area is 102 Å². The molecule has 3 nitrogen and oxygen atoms in total. The lowest BCUT2D eigenvalue weighted by Crippen LogP contribution is -2.22. The number of benzene rings is 1. The first-order chi connectivity index (χ1) is 6.11. The van der Waals surface area contributed by atoms with Crippen LogP contribution in [0.4, 0.5) is 0 Å². The lowest BCUT2D eigenvalue weighted by atomic mass is 10.2. The summed E-state index contributed by atoms with van der Waals surface area (Å²) in [4.78, 5) is 3.88. The molecule has 0 unspecified atom stereocenters. The molecule has 6 heteroatoms. The van der Waals surface area contributed by atoms with Gasteiger partial charge in [-0.3, -0.25) is 0 Å². The third-order valence-corrected chi connectivity index (χ3v) is 2.94. The Hall–Kier alpha value is -0.450. The van der Waals surface area contributed by atoms with Crippen LogP contribution in [-0.2, 0) is 6.54 Å². The van der Waals surface area contributed by atoms with Crippen LogP contribution >= 0.6 is 39.9 Å². The van der Waals surface area contributed by atoms with Gasteiger partial charge >= 0.3 is 0 Å². The molecule has 0 amide bonds. The monoisotopic (exact) mass is 297 g/mol. The highest BCUT2D eigenvalue weighted by Crippen LogP contribution is 2.26. The van der Waals surface area contributed by atoms with E-state index in [1.165, 1.54) is 0 Å². The van der Waals surface area contributed by atoms with E-state index in [4.69, 9.17) is 23.1 Å². The van der Waals surface area contributed by atoms with Gasteiger partial charge in [-0.1, -0.05) is 23.7 Å². The molecule has 14 heavy (non-hydrogen) atoms. The second-order valence-electron chi connectivity index (χ2n) is 2.45. The summed E-state index contributed by atoms with van der Waals surface area (Å²) in [5.41, 5.74) is 11.4. The van der Waals surface area contributed by atoms with Crippen LogP contribution in [0.5, 0.6) is 0 Å². The van der Waals surface area contributed by atoms with Gasteiger partial charge in [0.15, 0.2) is 5.96 Å². The number of hydrogen-bond donors (Lipinski definition) is 2. The van der Waals surface area contributed by atoms with Crippen molar-refractivity contribution in [3.8, 4) is 0 Å². The second kappa shape index (κ2) is 6.11. The maximum Gasteiger partial charge on any atom is 0.186 e. The van der Waals surface area contributed by atoms with Gasteiger partial charge < -0.3 is 11.5 Å². The minimum atomic E-state index is 0. The predicted octanol–water partition coefficient (Wildman–Crippen LogP) is 2.30. The van der Waals surface area contributed by atoms with Crippen LogP contribution in [0.25, 0.3) is 0 Å².